The van der Waals surface area contributed by atoms with E-state index in [4.69, 9.17) is 5.73 Å². The van der Waals surface area contributed by atoms with Crippen LogP contribution >= 0.6 is 11.3 Å². The van der Waals surface area contributed by atoms with Gasteiger partial charge in [0.2, 0.25) is 0 Å². The smallest absolute Gasteiger partial charge is 0.193 e. The van der Waals surface area contributed by atoms with Crippen LogP contribution in [0.15, 0.2) is 6.20 Å². The van der Waals surface area contributed by atoms with Crippen molar-refractivity contribution < 1.29 is 0 Å². The topological polar surface area (TPSA) is 105 Å². The average molecular weight is 197 g/mol. The lowest BCUT2D eigenvalue weighted by atomic mass is 10.6. The molecule has 0 aromatic carbocycles. The molecule has 0 saturated heterocycles. The van der Waals surface area contributed by atoms with Crippen molar-refractivity contribution in [1.82, 2.24) is 25.6 Å². The van der Waals surface area contributed by atoms with Crippen molar-refractivity contribution in [3.05, 3.63) is 12.0 Å². The standard InChI is InChI=1S/C5H7N7S/c6-3-1-7-5(13-3)8-2-4-9-11-12-10-4/h1H,2,6H2,(H,7,8)(H,9,10,11,12). The van der Waals surface area contributed by atoms with Crippen LogP contribution in [-0.2, 0) is 6.54 Å². The number of hydrogen-bond acceptors (Lipinski definition) is 7. The van der Waals surface area contributed by atoms with E-state index < -0.39 is 0 Å². The molecule has 0 radical (unpaired) electrons. The number of nitrogens with one attached hydrogen (secondary N) is 2. The van der Waals surface area contributed by atoms with Crippen molar-refractivity contribution >= 4 is 21.5 Å². The van der Waals surface area contributed by atoms with Crippen LogP contribution in [0.2, 0.25) is 0 Å². The Kier molecular flexibility index (Phi) is 2.04. The van der Waals surface area contributed by atoms with E-state index in [9.17, 15) is 0 Å². The highest BCUT2D eigenvalue weighted by Crippen LogP contribution is 2.19. The summed E-state index contributed by atoms with van der Waals surface area (Å²) in [5, 5.41) is 17.8. The van der Waals surface area contributed by atoms with Crippen LogP contribution in [0.25, 0.3) is 0 Å². The molecule has 0 aliphatic heterocycles. The Bertz CT molecular complexity index is 366. The number of anilines is 2. The van der Waals surface area contributed by atoms with Crippen molar-refractivity contribution in [3.63, 3.8) is 0 Å². The summed E-state index contributed by atoms with van der Waals surface area (Å²) in [5.74, 6) is 0.591. The molecule has 0 saturated carbocycles. The van der Waals surface area contributed by atoms with Crippen molar-refractivity contribution in [2.75, 3.05) is 11.1 Å². The lowest BCUT2D eigenvalue weighted by Crippen LogP contribution is -2.00. The normalized spacial score (nSPS) is 10.2. The minimum atomic E-state index is 0.490. The first-order valence-electron chi connectivity index (χ1n) is 3.52. The summed E-state index contributed by atoms with van der Waals surface area (Å²) in [4.78, 5) is 4.01. The van der Waals surface area contributed by atoms with Crippen LogP contribution in [0.1, 0.15) is 5.82 Å². The van der Waals surface area contributed by atoms with Gasteiger partial charge in [-0.2, -0.15) is 5.21 Å². The van der Waals surface area contributed by atoms with Gasteiger partial charge in [-0.3, -0.25) is 0 Å². The van der Waals surface area contributed by atoms with Crippen molar-refractivity contribution in [2.24, 2.45) is 0 Å². The van der Waals surface area contributed by atoms with Gasteiger partial charge >= 0.3 is 0 Å². The predicted molar refractivity (Wildman–Crippen MR) is 48.0 cm³/mol. The van der Waals surface area contributed by atoms with Gasteiger partial charge in [-0.1, -0.05) is 16.6 Å². The number of H-pyrrole nitrogens is 1. The summed E-state index contributed by atoms with van der Waals surface area (Å²) < 4.78 is 0. The second-order valence-electron chi connectivity index (χ2n) is 2.25. The lowest BCUT2D eigenvalue weighted by Gasteiger charge is -1.95. The highest BCUT2D eigenvalue weighted by molar-refractivity contribution is 7.19. The number of rotatable bonds is 3. The first-order chi connectivity index (χ1) is 6.34. The van der Waals surface area contributed by atoms with Gasteiger partial charge in [0.15, 0.2) is 11.0 Å². The molecule has 68 valence electrons. The Balaban J connectivity index is 1.93. The molecule has 0 unspecified atom stereocenters. The molecule has 0 bridgehead atoms. The molecule has 4 N–H and O–H groups in total. The third-order valence-electron chi connectivity index (χ3n) is 1.31. The summed E-state index contributed by atoms with van der Waals surface area (Å²) >= 11 is 1.38. The maximum atomic E-state index is 5.49. The van der Waals surface area contributed by atoms with Crippen LogP contribution < -0.4 is 11.1 Å². The van der Waals surface area contributed by atoms with Gasteiger partial charge in [0.1, 0.15) is 5.00 Å². The summed E-state index contributed by atoms with van der Waals surface area (Å²) in [6, 6.07) is 0. The van der Waals surface area contributed by atoms with Gasteiger partial charge in [0, 0.05) is 0 Å². The number of nitrogen functional groups attached to an aromatic ring is 1. The number of hydrogen-bond donors (Lipinski definition) is 3. The van der Waals surface area contributed by atoms with Gasteiger partial charge in [-0.05, 0) is 0 Å². The number of aromatic amines is 1. The average Bonchev–Trinajstić information content (AvgIpc) is 2.71. The molecular weight excluding hydrogens is 190 g/mol. The molecule has 7 nitrogen and oxygen atoms in total. The fraction of sp³-hybridized carbons (Fsp3) is 0.200. The number of thiazole rings is 1. The molecule has 0 aliphatic rings. The maximum absolute atomic E-state index is 5.49. The number of nitrogens with zero attached hydrogens (tertiary/aromatic N) is 4. The van der Waals surface area contributed by atoms with E-state index >= 15 is 0 Å². The number of aromatic nitrogens is 5. The zero-order valence-corrected chi connectivity index (χ0v) is 7.38. The Morgan fingerprint density at radius 3 is 3.15 bits per heavy atom. The third-order valence-corrected chi connectivity index (χ3v) is 2.09. The molecule has 2 aromatic heterocycles. The molecular formula is C5H7N7S. The van der Waals surface area contributed by atoms with Crippen LogP contribution in [0.4, 0.5) is 10.1 Å². The van der Waals surface area contributed by atoms with Crippen LogP contribution in [0, 0.1) is 0 Å². The minimum absolute atomic E-state index is 0.490. The van der Waals surface area contributed by atoms with E-state index in [1.807, 2.05) is 0 Å². The summed E-state index contributed by atoms with van der Waals surface area (Å²) in [7, 11) is 0. The highest BCUT2D eigenvalue weighted by Gasteiger charge is 2.00. The van der Waals surface area contributed by atoms with E-state index in [1.54, 1.807) is 6.20 Å². The van der Waals surface area contributed by atoms with Gasteiger partial charge in [-0.15, -0.1) is 10.2 Å². The molecule has 8 heteroatoms. The van der Waals surface area contributed by atoms with Crippen LogP contribution in [0.3, 0.4) is 0 Å². The maximum Gasteiger partial charge on any atom is 0.193 e. The highest BCUT2D eigenvalue weighted by atomic mass is 32.1. The largest absolute Gasteiger partial charge is 0.389 e. The molecule has 0 atom stereocenters. The monoisotopic (exact) mass is 197 g/mol. The SMILES string of the molecule is Nc1cnc(NCc2nn[nH]n2)s1. The summed E-state index contributed by atoms with van der Waals surface area (Å²) in [5.41, 5.74) is 5.49. The van der Waals surface area contributed by atoms with Crippen molar-refractivity contribution in [1.29, 1.82) is 0 Å². The third kappa shape index (κ3) is 1.90. The Morgan fingerprint density at radius 2 is 2.54 bits per heavy atom. The Hall–Kier alpha value is -1.70. The quantitative estimate of drug-likeness (QED) is 0.632. The second kappa shape index (κ2) is 3.35. The van der Waals surface area contributed by atoms with E-state index in [1.165, 1.54) is 11.3 Å². The van der Waals surface area contributed by atoms with E-state index in [0.717, 1.165) is 5.13 Å². The fourth-order valence-electron chi connectivity index (χ4n) is 0.780. The predicted octanol–water partition coefficient (Wildman–Crippen LogP) is -0.150. The lowest BCUT2D eigenvalue weighted by molar-refractivity contribution is 0.881. The molecule has 2 rings (SSSR count). The number of nitrogens with two attached hydrogens (primary N) is 1. The van der Waals surface area contributed by atoms with Crippen molar-refractivity contribution in [2.45, 2.75) is 6.54 Å². The molecule has 0 spiro atoms. The fourth-order valence-corrected chi connectivity index (χ4v) is 1.36. The van der Waals surface area contributed by atoms with Crippen LogP contribution in [0.5, 0.6) is 0 Å². The van der Waals surface area contributed by atoms with Gasteiger partial charge < -0.3 is 11.1 Å². The Labute approximate surface area is 77.4 Å². The van der Waals surface area contributed by atoms with E-state index in [0.29, 0.717) is 17.4 Å². The van der Waals surface area contributed by atoms with Gasteiger partial charge in [0.25, 0.3) is 0 Å². The first kappa shape index (κ1) is 7.92. The minimum Gasteiger partial charge on any atom is -0.389 e. The molecule has 2 aromatic rings. The zero-order chi connectivity index (χ0) is 9.10. The molecule has 2 heterocycles. The first-order valence-corrected chi connectivity index (χ1v) is 4.34. The molecule has 13 heavy (non-hydrogen) atoms. The summed E-state index contributed by atoms with van der Waals surface area (Å²) in [6.07, 6.45) is 1.60. The Morgan fingerprint density at radius 1 is 1.62 bits per heavy atom. The molecule has 0 amide bonds. The van der Waals surface area contributed by atoms with Gasteiger partial charge in [0.05, 0.1) is 12.7 Å². The molecule has 0 fully saturated rings. The second-order valence-corrected chi connectivity index (χ2v) is 3.31. The summed E-state index contributed by atoms with van der Waals surface area (Å²) in [6.45, 7) is 0.490. The van der Waals surface area contributed by atoms with E-state index in [-0.39, 0.29) is 0 Å². The zero-order valence-electron chi connectivity index (χ0n) is 6.56. The van der Waals surface area contributed by atoms with Gasteiger partial charge in [-0.25, -0.2) is 4.98 Å². The molecule has 0 aliphatic carbocycles. The number of tetrazole rings is 1. The van der Waals surface area contributed by atoms with E-state index in [2.05, 4.69) is 30.9 Å². The van der Waals surface area contributed by atoms with Crippen molar-refractivity contribution in [3.8, 4) is 0 Å². The van der Waals surface area contributed by atoms with Crippen LogP contribution in [-0.4, -0.2) is 25.6 Å².